The normalized spacial score (nSPS) is 44.8. The van der Waals surface area contributed by atoms with Gasteiger partial charge >= 0.3 is 0 Å². The quantitative estimate of drug-likeness (QED) is 0.633. The molecule has 1 saturated carbocycles. The number of hydrogen-bond acceptors (Lipinski definition) is 2. The SMILES string of the molecule is C/C1=C\C[C@]2(O)CC[C@@](C)(O)[C@@H](CC/C(C)=C/CC1)C2(C)C. The van der Waals surface area contributed by atoms with E-state index in [1.165, 1.54) is 11.1 Å². The Morgan fingerprint density at radius 2 is 1.59 bits per heavy atom. The van der Waals surface area contributed by atoms with Crippen molar-refractivity contribution >= 4 is 0 Å². The van der Waals surface area contributed by atoms with Gasteiger partial charge in [-0.05, 0) is 77.0 Å². The molecular weight excluding hydrogens is 272 g/mol. The molecule has 2 bridgehead atoms. The number of aliphatic hydroxyl groups is 2. The Balaban J connectivity index is 2.40. The van der Waals surface area contributed by atoms with Crippen LogP contribution in [-0.2, 0) is 0 Å². The molecule has 0 amide bonds. The van der Waals surface area contributed by atoms with Crippen LogP contribution in [0.4, 0.5) is 0 Å². The van der Waals surface area contributed by atoms with Gasteiger partial charge in [-0.3, -0.25) is 0 Å². The molecule has 126 valence electrons. The van der Waals surface area contributed by atoms with Crippen molar-refractivity contribution in [1.82, 2.24) is 0 Å². The second-order valence-corrected chi connectivity index (χ2v) is 8.55. The molecule has 1 fully saturated rings. The predicted octanol–water partition coefficient (Wildman–Crippen LogP) is 4.76. The minimum absolute atomic E-state index is 0.121. The highest BCUT2D eigenvalue weighted by Gasteiger charge is 2.56. The molecule has 0 aromatic heterocycles. The van der Waals surface area contributed by atoms with Gasteiger partial charge in [0.2, 0.25) is 0 Å². The van der Waals surface area contributed by atoms with Gasteiger partial charge in [-0.2, -0.15) is 0 Å². The van der Waals surface area contributed by atoms with Crippen LogP contribution in [-0.4, -0.2) is 21.4 Å². The van der Waals surface area contributed by atoms with Gasteiger partial charge in [0.25, 0.3) is 0 Å². The Hall–Kier alpha value is -0.600. The monoisotopic (exact) mass is 306 g/mol. The molecule has 2 heteroatoms. The first kappa shape index (κ1) is 17.7. The molecule has 3 atom stereocenters. The van der Waals surface area contributed by atoms with Crippen molar-refractivity contribution in [3.63, 3.8) is 0 Å². The average Bonchev–Trinajstić information content (AvgIpc) is 2.40. The zero-order chi connectivity index (χ0) is 16.6. The van der Waals surface area contributed by atoms with Gasteiger partial charge in [-0.15, -0.1) is 0 Å². The molecule has 0 spiro atoms. The molecule has 2 aliphatic rings. The molecule has 0 heterocycles. The Labute approximate surface area is 136 Å². The maximum atomic E-state index is 11.4. The fourth-order valence-electron chi connectivity index (χ4n) is 4.56. The lowest BCUT2D eigenvalue weighted by molar-refractivity contribution is -0.197. The van der Waals surface area contributed by atoms with Crippen LogP contribution in [0.25, 0.3) is 0 Å². The van der Waals surface area contributed by atoms with Crippen LogP contribution in [0.5, 0.6) is 0 Å². The fraction of sp³-hybridized carbons (Fsp3) is 0.800. The van der Waals surface area contributed by atoms with Gasteiger partial charge in [0.1, 0.15) is 0 Å². The third-order valence-electron chi connectivity index (χ3n) is 6.51. The lowest BCUT2D eigenvalue weighted by Gasteiger charge is -2.57. The van der Waals surface area contributed by atoms with Crippen molar-refractivity contribution in [2.45, 2.75) is 90.8 Å². The lowest BCUT2D eigenvalue weighted by atomic mass is 9.52. The summed E-state index contributed by atoms with van der Waals surface area (Å²) in [6.07, 6.45) is 10.8. The number of hydrogen-bond donors (Lipinski definition) is 2. The molecule has 0 radical (unpaired) electrons. The summed E-state index contributed by atoms with van der Waals surface area (Å²) in [5.74, 6) is 0.121. The summed E-state index contributed by atoms with van der Waals surface area (Å²) in [7, 11) is 0. The van der Waals surface area contributed by atoms with E-state index in [9.17, 15) is 10.2 Å². The molecule has 0 aromatic carbocycles. The standard InChI is InChI=1S/C20H34O2/c1-15-7-6-8-16(2)11-12-20(22)14-13-19(5,21)17(10-9-15)18(20,3)4/h7,11,17,21-22H,6,8-10,12-14H2,1-5H3/b15-7+,16-11+/t17-,19+,20-/m0/s1. The summed E-state index contributed by atoms with van der Waals surface area (Å²) < 4.78 is 0. The third-order valence-corrected chi connectivity index (χ3v) is 6.51. The molecule has 0 aliphatic heterocycles. The van der Waals surface area contributed by atoms with Crippen LogP contribution >= 0.6 is 0 Å². The smallest absolute Gasteiger partial charge is 0.0737 e. The molecule has 2 rings (SSSR count). The van der Waals surface area contributed by atoms with Crippen molar-refractivity contribution in [2.75, 3.05) is 0 Å². The second kappa shape index (κ2) is 6.13. The van der Waals surface area contributed by atoms with Crippen LogP contribution < -0.4 is 0 Å². The van der Waals surface area contributed by atoms with Crippen LogP contribution in [0.3, 0.4) is 0 Å². The topological polar surface area (TPSA) is 40.5 Å². The number of fused-ring (bicyclic) bond motifs is 2. The van der Waals surface area contributed by atoms with Gasteiger partial charge < -0.3 is 10.2 Å². The highest BCUT2D eigenvalue weighted by atomic mass is 16.3. The van der Waals surface area contributed by atoms with Gasteiger partial charge in [-0.1, -0.05) is 37.1 Å². The number of rotatable bonds is 0. The largest absolute Gasteiger partial charge is 0.390 e. The first-order chi connectivity index (χ1) is 10.1. The Morgan fingerprint density at radius 3 is 2.27 bits per heavy atom. The molecule has 2 aliphatic carbocycles. The molecule has 0 unspecified atom stereocenters. The van der Waals surface area contributed by atoms with E-state index in [0.717, 1.165) is 25.7 Å². The third kappa shape index (κ3) is 3.33. The van der Waals surface area contributed by atoms with Crippen molar-refractivity contribution in [2.24, 2.45) is 11.3 Å². The van der Waals surface area contributed by atoms with Crippen molar-refractivity contribution in [3.05, 3.63) is 23.3 Å². The summed E-state index contributed by atoms with van der Waals surface area (Å²) in [6.45, 7) is 10.6. The predicted molar refractivity (Wildman–Crippen MR) is 92.7 cm³/mol. The second-order valence-electron chi connectivity index (χ2n) is 8.55. The molecule has 2 N–H and O–H groups in total. The summed E-state index contributed by atoms with van der Waals surface area (Å²) in [4.78, 5) is 0. The van der Waals surface area contributed by atoms with E-state index in [4.69, 9.17) is 0 Å². The first-order valence-corrected chi connectivity index (χ1v) is 8.84. The summed E-state index contributed by atoms with van der Waals surface area (Å²) >= 11 is 0. The van der Waals surface area contributed by atoms with Crippen LogP contribution in [0.2, 0.25) is 0 Å². The van der Waals surface area contributed by atoms with Crippen LogP contribution in [0.1, 0.15) is 79.6 Å². The molecule has 0 aromatic rings. The van der Waals surface area contributed by atoms with Gasteiger partial charge in [0.15, 0.2) is 0 Å². The maximum absolute atomic E-state index is 11.4. The molecular formula is C20H34O2. The van der Waals surface area contributed by atoms with E-state index < -0.39 is 11.2 Å². The van der Waals surface area contributed by atoms with Crippen LogP contribution in [0.15, 0.2) is 23.3 Å². The molecule has 0 saturated heterocycles. The molecule has 2 nitrogen and oxygen atoms in total. The minimum Gasteiger partial charge on any atom is -0.390 e. The van der Waals surface area contributed by atoms with E-state index in [1.54, 1.807) is 0 Å². The lowest BCUT2D eigenvalue weighted by Crippen LogP contribution is -2.60. The van der Waals surface area contributed by atoms with Crippen molar-refractivity contribution in [3.8, 4) is 0 Å². The summed E-state index contributed by atoms with van der Waals surface area (Å²) in [5.41, 5.74) is 1.10. The van der Waals surface area contributed by atoms with Gasteiger partial charge in [0.05, 0.1) is 11.2 Å². The van der Waals surface area contributed by atoms with Crippen LogP contribution in [0, 0.1) is 11.3 Å². The van der Waals surface area contributed by atoms with Gasteiger partial charge in [-0.25, -0.2) is 0 Å². The minimum atomic E-state index is -0.710. The maximum Gasteiger partial charge on any atom is 0.0737 e. The van der Waals surface area contributed by atoms with E-state index in [2.05, 4.69) is 39.8 Å². The van der Waals surface area contributed by atoms with Gasteiger partial charge in [0, 0.05) is 0 Å². The first-order valence-electron chi connectivity index (χ1n) is 8.84. The summed E-state index contributed by atoms with van der Waals surface area (Å²) in [5, 5.41) is 22.3. The highest BCUT2D eigenvalue weighted by Crippen LogP contribution is 2.55. The fourth-order valence-corrected chi connectivity index (χ4v) is 4.56. The average molecular weight is 306 g/mol. The van der Waals surface area contributed by atoms with Crippen molar-refractivity contribution in [1.29, 1.82) is 0 Å². The molecule has 22 heavy (non-hydrogen) atoms. The van der Waals surface area contributed by atoms with E-state index in [0.29, 0.717) is 19.3 Å². The summed E-state index contributed by atoms with van der Waals surface area (Å²) in [6, 6.07) is 0. The highest BCUT2D eigenvalue weighted by molar-refractivity contribution is 5.14. The Kier molecular flexibility index (Phi) is 4.94. The van der Waals surface area contributed by atoms with E-state index >= 15 is 0 Å². The Morgan fingerprint density at radius 1 is 0.955 bits per heavy atom. The van der Waals surface area contributed by atoms with Crippen molar-refractivity contribution < 1.29 is 10.2 Å². The zero-order valence-corrected chi connectivity index (χ0v) is 15.1. The van der Waals surface area contributed by atoms with E-state index in [-0.39, 0.29) is 11.3 Å². The van der Waals surface area contributed by atoms with E-state index in [1.807, 2.05) is 6.92 Å². The Bertz CT molecular complexity index is 470. The zero-order valence-electron chi connectivity index (χ0n) is 15.1. The number of allylic oxidation sites excluding steroid dienone is 3.